The monoisotopic (exact) mass is 194 g/mol. The summed E-state index contributed by atoms with van der Waals surface area (Å²) in [5, 5.41) is 11.7. The molecule has 2 aromatic rings. The molecule has 2 aromatic heterocycles. The number of aliphatic carboxylic acids is 1. The van der Waals surface area contributed by atoms with Crippen LogP contribution in [0.5, 0.6) is 0 Å². The summed E-state index contributed by atoms with van der Waals surface area (Å²) in [4.78, 5) is 10.4. The molecule has 3 nitrogen and oxygen atoms in total. The Kier molecular flexibility index (Phi) is 1.98. The van der Waals surface area contributed by atoms with E-state index in [-0.39, 0.29) is 6.54 Å². The number of pyridine rings is 1. The summed E-state index contributed by atoms with van der Waals surface area (Å²) < 4.78 is 2.78. The second kappa shape index (κ2) is 3.14. The zero-order valence-corrected chi connectivity index (χ0v) is 7.62. The van der Waals surface area contributed by atoms with Crippen LogP contribution in [0.15, 0.2) is 29.9 Å². The summed E-state index contributed by atoms with van der Waals surface area (Å²) in [5.41, 5.74) is 0. The zero-order valence-electron chi connectivity index (χ0n) is 6.80. The lowest BCUT2D eigenvalue weighted by Crippen LogP contribution is -2.36. The molecule has 13 heavy (non-hydrogen) atoms. The predicted octanol–water partition coefficient (Wildman–Crippen LogP) is 1.27. The van der Waals surface area contributed by atoms with Crippen LogP contribution < -0.4 is 4.57 Å². The van der Waals surface area contributed by atoms with Crippen LogP contribution in [-0.4, -0.2) is 11.1 Å². The van der Waals surface area contributed by atoms with E-state index in [1.807, 2.05) is 23.7 Å². The molecule has 0 aliphatic carbocycles. The van der Waals surface area contributed by atoms with E-state index in [1.54, 1.807) is 22.1 Å². The molecule has 0 aliphatic rings. The maximum atomic E-state index is 10.4. The molecule has 4 heteroatoms. The average Bonchev–Trinajstić information content (AvgIpc) is 2.49. The van der Waals surface area contributed by atoms with Crippen LogP contribution in [0.25, 0.3) is 10.1 Å². The van der Waals surface area contributed by atoms with Crippen LogP contribution >= 0.6 is 11.3 Å². The molecule has 2 rings (SSSR count). The molecule has 0 fully saturated rings. The third kappa shape index (κ3) is 1.67. The van der Waals surface area contributed by atoms with Gasteiger partial charge in [0.05, 0.1) is 4.70 Å². The van der Waals surface area contributed by atoms with E-state index in [9.17, 15) is 4.79 Å². The van der Waals surface area contributed by atoms with Crippen LogP contribution in [0.1, 0.15) is 0 Å². The van der Waals surface area contributed by atoms with Gasteiger partial charge in [0.15, 0.2) is 12.4 Å². The topological polar surface area (TPSA) is 41.2 Å². The van der Waals surface area contributed by atoms with Crippen molar-refractivity contribution in [3.05, 3.63) is 29.9 Å². The molecular weight excluding hydrogens is 186 g/mol. The summed E-state index contributed by atoms with van der Waals surface area (Å²) >= 11 is 1.61. The first kappa shape index (κ1) is 8.19. The molecule has 0 radical (unpaired) electrons. The number of thiophene rings is 1. The molecule has 0 atom stereocenters. The Bertz CT molecular complexity index is 450. The Morgan fingerprint density at radius 2 is 2.38 bits per heavy atom. The molecule has 0 bridgehead atoms. The largest absolute Gasteiger partial charge is 0.477 e. The highest BCUT2D eigenvalue weighted by atomic mass is 32.1. The third-order valence-electron chi connectivity index (χ3n) is 1.77. The lowest BCUT2D eigenvalue weighted by molar-refractivity contribution is -0.684. The Hall–Kier alpha value is -1.42. The molecule has 0 spiro atoms. The van der Waals surface area contributed by atoms with Gasteiger partial charge in [-0.15, -0.1) is 11.3 Å². The lowest BCUT2D eigenvalue weighted by atomic mass is 10.3. The highest BCUT2D eigenvalue weighted by molar-refractivity contribution is 7.17. The van der Waals surface area contributed by atoms with E-state index in [0.29, 0.717) is 0 Å². The molecule has 0 saturated heterocycles. The van der Waals surface area contributed by atoms with Gasteiger partial charge in [-0.25, -0.2) is 4.79 Å². The van der Waals surface area contributed by atoms with Gasteiger partial charge in [-0.1, -0.05) is 0 Å². The molecule has 0 unspecified atom stereocenters. The minimum absolute atomic E-state index is 0.0217. The Morgan fingerprint density at radius 3 is 3.15 bits per heavy atom. The van der Waals surface area contributed by atoms with Gasteiger partial charge in [0.1, 0.15) is 0 Å². The smallest absolute Gasteiger partial charge is 0.370 e. The summed E-state index contributed by atoms with van der Waals surface area (Å²) in [7, 11) is 0. The van der Waals surface area contributed by atoms with Crippen molar-refractivity contribution in [2.45, 2.75) is 6.54 Å². The summed E-state index contributed by atoms with van der Waals surface area (Å²) in [6.07, 6.45) is 3.64. The van der Waals surface area contributed by atoms with Gasteiger partial charge < -0.3 is 5.11 Å². The van der Waals surface area contributed by atoms with E-state index < -0.39 is 5.97 Å². The summed E-state index contributed by atoms with van der Waals surface area (Å²) in [5.74, 6) is -0.819. The number of fused-ring (bicyclic) bond motifs is 1. The first-order valence-electron chi connectivity index (χ1n) is 3.84. The van der Waals surface area contributed by atoms with Crippen LogP contribution in [0.2, 0.25) is 0 Å². The first-order chi connectivity index (χ1) is 6.25. The molecule has 0 aromatic carbocycles. The van der Waals surface area contributed by atoms with Gasteiger partial charge in [-0.05, 0) is 11.4 Å². The van der Waals surface area contributed by atoms with Crippen molar-refractivity contribution in [2.24, 2.45) is 0 Å². The van der Waals surface area contributed by atoms with E-state index in [0.717, 1.165) is 10.1 Å². The predicted molar refractivity (Wildman–Crippen MR) is 49.7 cm³/mol. The van der Waals surface area contributed by atoms with Crippen LogP contribution in [-0.2, 0) is 11.3 Å². The number of rotatable bonds is 2. The van der Waals surface area contributed by atoms with Crippen molar-refractivity contribution in [3.8, 4) is 0 Å². The van der Waals surface area contributed by atoms with Crippen molar-refractivity contribution >= 4 is 27.4 Å². The maximum absolute atomic E-state index is 10.4. The van der Waals surface area contributed by atoms with Crippen molar-refractivity contribution in [1.29, 1.82) is 0 Å². The van der Waals surface area contributed by atoms with Gasteiger partial charge in [-0.2, -0.15) is 4.57 Å². The Balaban J connectivity index is 2.42. The Labute approximate surface area is 78.9 Å². The highest BCUT2D eigenvalue weighted by Gasteiger charge is 2.07. The minimum Gasteiger partial charge on any atom is -0.477 e. The molecule has 0 aliphatic heterocycles. The molecule has 0 amide bonds. The van der Waals surface area contributed by atoms with Crippen LogP contribution in [0.3, 0.4) is 0 Å². The number of aromatic nitrogens is 1. The number of hydrogen-bond donors (Lipinski definition) is 1. The fraction of sp³-hybridized carbons (Fsp3) is 0.111. The number of carboxylic acid groups (broad SMARTS) is 1. The van der Waals surface area contributed by atoms with E-state index >= 15 is 0 Å². The van der Waals surface area contributed by atoms with Crippen LogP contribution in [0.4, 0.5) is 0 Å². The maximum Gasteiger partial charge on any atom is 0.370 e. The standard InChI is InChI=1S/C9H7NO2S/c11-9(12)6-10-3-1-7-2-4-13-8(7)5-10/h1-5H,6H2/p+1. The van der Waals surface area contributed by atoms with Gasteiger partial charge in [0.2, 0.25) is 6.54 Å². The number of carboxylic acids is 1. The lowest BCUT2D eigenvalue weighted by Gasteiger charge is -1.91. The van der Waals surface area contributed by atoms with Gasteiger partial charge in [0.25, 0.3) is 0 Å². The quantitative estimate of drug-likeness (QED) is 0.731. The average molecular weight is 194 g/mol. The first-order valence-corrected chi connectivity index (χ1v) is 4.72. The SMILES string of the molecule is O=C(O)C[n+]1ccc2ccsc2c1. The normalized spacial score (nSPS) is 10.5. The highest BCUT2D eigenvalue weighted by Crippen LogP contribution is 2.17. The van der Waals surface area contributed by atoms with E-state index in [1.165, 1.54) is 0 Å². The molecule has 66 valence electrons. The number of carbonyl (C=O) groups is 1. The third-order valence-corrected chi connectivity index (χ3v) is 2.64. The summed E-state index contributed by atoms with van der Waals surface area (Å²) in [6, 6.07) is 3.94. The zero-order chi connectivity index (χ0) is 9.26. The Morgan fingerprint density at radius 1 is 1.54 bits per heavy atom. The summed E-state index contributed by atoms with van der Waals surface area (Å²) in [6.45, 7) is 0.0217. The van der Waals surface area contributed by atoms with Gasteiger partial charge in [-0.3, -0.25) is 0 Å². The second-order valence-electron chi connectivity index (χ2n) is 2.75. The molecular formula is C9H8NO2S+. The van der Waals surface area contributed by atoms with Crippen LogP contribution in [0, 0.1) is 0 Å². The van der Waals surface area contributed by atoms with Crippen molar-refractivity contribution in [2.75, 3.05) is 0 Å². The molecule has 1 N–H and O–H groups in total. The van der Waals surface area contributed by atoms with Gasteiger partial charge in [0, 0.05) is 11.5 Å². The van der Waals surface area contributed by atoms with Crippen molar-refractivity contribution in [3.63, 3.8) is 0 Å². The number of nitrogens with zero attached hydrogens (tertiary/aromatic N) is 1. The second-order valence-corrected chi connectivity index (χ2v) is 3.70. The van der Waals surface area contributed by atoms with Crippen molar-refractivity contribution < 1.29 is 14.5 Å². The van der Waals surface area contributed by atoms with Crippen molar-refractivity contribution in [1.82, 2.24) is 0 Å². The minimum atomic E-state index is -0.819. The van der Waals surface area contributed by atoms with Gasteiger partial charge >= 0.3 is 5.97 Å². The molecule has 2 heterocycles. The molecule has 0 saturated carbocycles. The fourth-order valence-electron chi connectivity index (χ4n) is 1.20. The van der Waals surface area contributed by atoms with E-state index in [4.69, 9.17) is 5.11 Å². The van der Waals surface area contributed by atoms with E-state index in [2.05, 4.69) is 0 Å². The number of hydrogen-bond acceptors (Lipinski definition) is 2. The fourth-order valence-corrected chi connectivity index (χ4v) is 2.03.